The number of rotatable bonds is 5. The maximum absolute atomic E-state index is 13.2. The number of sulfonamides is 1. The lowest BCUT2D eigenvalue weighted by Gasteiger charge is -2.19. The van der Waals surface area contributed by atoms with Crippen LogP contribution in [0.5, 0.6) is 0 Å². The molecule has 0 aromatic heterocycles. The molecule has 3 aromatic rings. The van der Waals surface area contributed by atoms with E-state index in [0.717, 1.165) is 23.1 Å². The summed E-state index contributed by atoms with van der Waals surface area (Å²) in [5.41, 5.74) is 2.52. The molecule has 0 radical (unpaired) electrons. The Labute approximate surface area is 170 Å². The Morgan fingerprint density at radius 2 is 1.79 bits per heavy atom. The van der Waals surface area contributed by atoms with Gasteiger partial charge in [0.25, 0.3) is 10.0 Å². The van der Waals surface area contributed by atoms with Crippen LogP contribution in [0.2, 0.25) is 0 Å². The molecule has 0 spiro atoms. The number of aliphatic imine (C=N–C) groups is 1. The minimum absolute atomic E-state index is 0.248. The lowest BCUT2D eigenvalue weighted by atomic mass is 10.1. The number of nitrogens with zero attached hydrogens (tertiary/aromatic N) is 2. The highest BCUT2D eigenvalue weighted by molar-refractivity contribution is 7.93. The average Bonchev–Trinajstić information content (AvgIpc) is 3.02. The second-order valence-corrected chi connectivity index (χ2v) is 8.28. The number of anilines is 2. The van der Waals surface area contributed by atoms with Crippen molar-refractivity contribution in [2.75, 3.05) is 9.62 Å². The fraction of sp³-hybridized carbons (Fsp3) is 0.0870. The van der Waals surface area contributed by atoms with Crippen LogP contribution in [0, 0.1) is 0 Å². The predicted octanol–water partition coefficient (Wildman–Crippen LogP) is 5.08. The van der Waals surface area contributed by atoms with E-state index in [1.807, 2.05) is 78.8 Å². The zero-order chi connectivity index (χ0) is 20.3. The van der Waals surface area contributed by atoms with Crippen molar-refractivity contribution in [1.82, 2.24) is 0 Å². The van der Waals surface area contributed by atoms with Crippen molar-refractivity contribution >= 4 is 38.4 Å². The van der Waals surface area contributed by atoms with Crippen LogP contribution in [-0.4, -0.2) is 14.6 Å². The van der Waals surface area contributed by atoms with E-state index in [0.29, 0.717) is 11.1 Å². The summed E-state index contributed by atoms with van der Waals surface area (Å²) in [6.07, 6.45) is 9.80. The molecule has 1 heterocycles. The van der Waals surface area contributed by atoms with Crippen molar-refractivity contribution in [3.63, 3.8) is 0 Å². The average molecular weight is 404 g/mol. The molecule has 0 amide bonds. The van der Waals surface area contributed by atoms with E-state index in [1.165, 1.54) is 0 Å². The molecule has 0 aliphatic carbocycles. The molecule has 3 aromatic carbocycles. The highest BCUT2D eigenvalue weighted by Crippen LogP contribution is 2.33. The van der Waals surface area contributed by atoms with Gasteiger partial charge in [0, 0.05) is 41.3 Å². The van der Waals surface area contributed by atoms with Crippen LogP contribution in [0.15, 0.2) is 95.2 Å². The largest absolute Gasteiger partial charge is 0.322 e. The van der Waals surface area contributed by atoms with E-state index in [-0.39, 0.29) is 4.90 Å². The topological polar surface area (TPSA) is 61.8 Å². The number of fused-ring (bicyclic) bond motifs is 1. The van der Waals surface area contributed by atoms with E-state index in [9.17, 15) is 8.42 Å². The normalized spacial score (nSPS) is 13.6. The summed E-state index contributed by atoms with van der Waals surface area (Å²) in [6.45, 7) is 2.04. The highest BCUT2D eigenvalue weighted by atomic mass is 32.2. The molecule has 0 unspecified atom stereocenters. The molecular weight excluding hydrogens is 382 g/mol. The number of allylic oxidation sites excluding steroid dienone is 1. The van der Waals surface area contributed by atoms with Gasteiger partial charge in [0.2, 0.25) is 0 Å². The van der Waals surface area contributed by atoms with Gasteiger partial charge in [-0.05, 0) is 42.3 Å². The van der Waals surface area contributed by atoms with Gasteiger partial charge in [0.15, 0.2) is 0 Å². The maximum Gasteiger partial charge on any atom is 0.262 e. The molecule has 6 heteroatoms. The van der Waals surface area contributed by atoms with E-state index in [2.05, 4.69) is 9.71 Å². The summed E-state index contributed by atoms with van der Waals surface area (Å²) in [7, 11) is -3.75. The second-order valence-electron chi connectivity index (χ2n) is 6.63. The van der Waals surface area contributed by atoms with Gasteiger partial charge in [-0.15, -0.1) is 0 Å². The van der Waals surface area contributed by atoms with Crippen LogP contribution in [-0.2, 0) is 16.4 Å². The van der Waals surface area contributed by atoms with Crippen molar-refractivity contribution in [2.45, 2.75) is 18.2 Å². The van der Waals surface area contributed by atoms with Gasteiger partial charge in [-0.3, -0.25) is 9.71 Å². The molecular formula is C23H21N3O2S. The Hall–Kier alpha value is -3.38. The Balaban J connectivity index is 1.79. The fourth-order valence-corrected chi connectivity index (χ4v) is 4.59. The molecule has 0 saturated carbocycles. The zero-order valence-electron chi connectivity index (χ0n) is 16.0. The number of benzene rings is 3. The molecule has 29 heavy (non-hydrogen) atoms. The second kappa shape index (κ2) is 7.93. The van der Waals surface area contributed by atoms with Crippen LogP contribution in [0.3, 0.4) is 0 Å². The molecule has 0 fully saturated rings. The zero-order valence-corrected chi connectivity index (χ0v) is 16.8. The molecule has 1 N–H and O–H groups in total. The molecule has 1 aliphatic rings. The first-order valence-electron chi connectivity index (χ1n) is 9.37. The number of hydrogen-bond donors (Lipinski definition) is 1. The summed E-state index contributed by atoms with van der Waals surface area (Å²) >= 11 is 0. The van der Waals surface area contributed by atoms with Crippen LogP contribution in [0.1, 0.15) is 12.5 Å². The number of hydrogen-bond acceptors (Lipinski definition) is 4. The van der Waals surface area contributed by atoms with Gasteiger partial charge in [0.1, 0.15) is 0 Å². The number of nitrogens with one attached hydrogen (secondary N) is 1. The first kappa shape index (κ1) is 19.0. The van der Waals surface area contributed by atoms with Crippen molar-refractivity contribution < 1.29 is 8.42 Å². The lowest BCUT2D eigenvalue weighted by Crippen LogP contribution is -2.14. The van der Waals surface area contributed by atoms with Gasteiger partial charge >= 0.3 is 0 Å². The Bertz CT molecular complexity index is 1230. The standard InChI is InChI=1S/C23H21N3O2S/c1-2-18-7-5-8-19(17-18)25-29(27,28)23-12-11-22(20-9-3-4-10-21(20)23)26-15-6-13-24-14-16-26/h3-17,25H,2H2,1H3. The summed E-state index contributed by atoms with van der Waals surface area (Å²) in [6, 6.07) is 18.4. The first-order chi connectivity index (χ1) is 14.1. The number of aryl methyl sites for hydroxylation is 1. The third-order valence-corrected chi connectivity index (χ3v) is 6.19. The van der Waals surface area contributed by atoms with E-state index < -0.39 is 10.0 Å². The Morgan fingerprint density at radius 3 is 2.62 bits per heavy atom. The molecule has 146 valence electrons. The first-order valence-corrected chi connectivity index (χ1v) is 10.9. The van der Waals surface area contributed by atoms with E-state index >= 15 is 0 Å². The maximum atomic E-state index is 13.2. The van der Waals surface area contributed by atoms with Gasteiger partial charge in [-0.2, -0.15) is 0 Å². The minimum atomic E-state index is -3.75. The van der Waals surface area contributed by atoms with E-state index in [4.69, 9.17) is 0 Å². The summed E-state index contributed by atoms with van der Waals surface area (Å²) in [5.74, 6) is 0. The van der Waals surface area contributed by atoms with E-state index in [1.54, 1.807) is 24.5 Å². The van der Waals surface area contributed by atoms with Crippen molar-refractivity contribution in [2.24, 2.45) is 4.99 Å². The molecule has 0 saturated heterocycles. The highest BCUT2D eigenvalue weighted by Gasteiger charge is 2.20. The summed E-state index contributed by atoms with van der Waals surface area (Å²) in [5, 5.41) is 1.50. The van der Waals surface area contributed by atoms with Gasteiger partial charge in [0.05, 0.1) is 10.6 Å². The summed E-state index contributed by atoms with van der Waals surface area (Å²) in [4.78, 5) is 6.27. The van der Waals surface area contributed by atoms with Crippen LogP contribution < -0.4 is 9.62 Å². The molecule has 5 nitrogen and oxygen atoms in total. The van der Waals surface area contributed by atoms with Crippen LogP contribution in [0.4, 0.5) is 11.4 Å². The Kier molecular flexibility index (Phi) is 5.18. The quantitative estimate of drug-likeness (QED) is 0.646. The smallest absolute Gasteiger partial charge is 0.262 e. The molecule has 0 atom stereocenters. The molecule has 1 aliphatic heterocycles. The molecule has 0 bridgehead atoms. The van der Waals surface area contributed by atoms with Gasteiger partial charge < -0.3 is 4.90 Å². The van der Waals surface area contributed by atoms with Crippen molar-refractivity contribution in [3.8, 4) is 0 Å². The molecule has 4 rings (SSSR count). The van der Waals surface area contributed by atoms with Crippen LogP contribution in [0.25, 0.3) is 10.8 Å². The lowest BCUT2D eigenvalue weighted by molar-refractivity contribution is 0.602. The van der Waals surface area contributed by atoms with Crippen molar-refractivity contribution in [1.29, 1.82) is 0 Å². The fourth-order valence-electron chi connectivity index (χ4n) is 3.33. The summed E-state index contributed by atoms with van der Waals surface area (Å²) < 4.78 is 29.1. The van der Waals surface area contributed by atoms with Gasteiger partial charge in [-0.1, -0.05) is 43.3 Å². The predicted molar refractivity (Wildman–Crippen MR) is 120 cm³/mol. The van der Waals surface area contributed by atoms with Crippen LogP contribution >= 0.6 is 0 Å². The third-order valence-electron chi connectivity index (χ3n) is 4.75. The van der Waals surface area contributed by atoms with Crippen molar-refractivity contribution in [3.05, 3.63) is 90.9 Å². The monoisotopic (exact) mass is 403 g/mol. The SMILES string of the molecule is CCc1cccc(NS(=O)(=O)c2ccc(N3C=CC=NC=C3)c3ccccc23)c1. The minimum Gasteiger partial charge on any atom is -0.322 e. The third kappa shape index (κ3) is 3.93. The Morgan fingerprint density at radius 1 is 0.966 bits per heavy atom. The van der Waals surface area contributed by atoms with Gasteiger partial charge in [-0.25, -0.2) is 8.42 Å².